The van der Waals surface area contributed by atoms with Crippen LogP contribution >= 0.6 is 11.8 Å². The van der Waals surface area contributed by atoms with Gasteiger partial charge in [0, 0.05) is 16.3 Å². The number of nitrogen functional groups attached to an aromatic ring is 2. The molecule has 0 aromatic heterocycles. The molecular formula is C23H19N5OS. The van der Waals surface area contributed by atoms with Gasteiger partial charge in [0.15, 0.2) is 0 Å². The normalized spacial score (nSPS) is 12.4. The summed E-state index contributed by atoms with van der Waals surface area (Å²) < 4.78 is 0. The zero-order chi connectivity index (χ0) is 21.7. The van der Waals surface area contributed by atoms with Gasteiger partial charge in [0.2, 0.25) is 0 Å². The number of benzene rings is 3. The highest BCUT2D eigenvalue weighted by Crippen LogP contribution is 2.33. The molecule has 0 saturated carbocycles. The van der Waals surface area contributed by atoms with Crippen molar-refractivity contribution in [2.45, 2.75) is 16.9 Å². The number of nitrogens with one attached hydrogen (secondary N) is 1. The first-order valence-electron chi connectivity index (χ1n) is 9.02. The van der Waals surface area contributed by atoms with E-state index in [9.17, 15) is 10.4 Å². The largest absolute Gasteiger partial charge is 0.399 e. The lowest BCUT2D eigenvalue weighted by molar-refractivity contribution is 0.220. The molecule has 6 nitrogen and oxygen atoms in total. The van der Waals surface area contributed by atoms with Gasteiger partial charge in [0.25, 0.3) is 0 Å². The maximum Gasteiger partial charge on any atom is 0.119 e. The lowest BCUT2D eigenvalue weighted by Gasteiger charge is -2.16. The van der Waals surface area contributed by atoms with Gasteiger partial charge in [-0.3, -0.25) is 5.41 Å². The molecule has 0 bridgehead atoms. The van der Waals surface area contributed by atoms with Gasteiger partial charge in [0.05, 0.1) is 22.7 Å². The van der Waals surface area contributed by atoms with E-state index < -0.39 is 12.0 Å². The van der Waals surface area contributed by atoms with Crippen molar-refractivity contribution in [2.24, 2.45) is 0 Å². The molecule has 0 fully saturated rings. The maximum absolute atomic E-state index is 10.7. The van der Waals surface area contributed by atoms with E-state index in [1.165, 1.54) is 0 Å². The van der Waals surface area contributed by atoms with Crippen molar-refractivity contribution < 1.29 is 5.11 Å². The van der Waals surface area contributed by atoms with Gasteiger partial charge < -0.3 is 16.6 Å². The predicted molar refractivity (Wildman–Crippen MR) is 119 cm³/mol. The van der Waals surface area contributed by atoms with E-state index in [1.807, 2.05) is 6.07 Å². The Labute approximate surface area is 178 Å². The smallest absolute Gasteiger partial charge is 0.119 e. The molecule has 0 aliphatic heterocycles. The van der Waals surface area contributed by atoms with Crippen LogP contribution in [-0.4, -0.2) is 10.2 Å². The number of thioether (sulfide) groups is 1. The SMILES string of the molecule is N#Cc1ccc(C(O)c2cccc(C(C#N)C(=N)Sc3ccc(N)cc3N)c2)cc1. The molecule has 3 aromatic carbocycles. The second kappa shape index (κ2) is 9.15. The van der Waals surface area contributed by atoms with Crippen molar-refractivity contribution in [3.63, 3.8) is 0 Å². The second-order valence-corrected chi connectivity index (χ2v) is 7.72. The molecule has 0 heterocycles. The van der Waals surface area contributed by atoms with Gasteiger partial charge in [-0.25, -0.2) is 0 Å². The highest BCUT2D eigenvalue weighted by molar-refractivity contribution is 8.14. The van der Waals surface area contributed by atoms with Gasteiger partial charge in [-0.2, -0.15) is 10.5 Å². The Hall–Kier alpha value is -3.78. The van der Waals surface area contributed by atoms with Crippen LogP contribution in [0.2, 0.25) is 0 Å². The first kappa shape index (κ1) is 20.9. The van der Waals surface area contributed by atoms with Crippen LogP contribution in [0.5, 0.6) is 0 Å². The first-order chi connectivity index (χ1) is 14.4. The summed E-state index contributed by atoms with van der Waals surface area (Å²) in [5.41, 5.74) is 15.0. The zero-order valence-electron chi connectivity index (χ0n) is 15.9. The Morgan fingerprint density at radius 2 is 1.63 bits per heavy atom. The van der Waals surface area contributed by atoms with Crippen LogP contribution in [0.1, 0.15) is 34.3 Å². The van der Waals surface area contributed by atoms with Crippen molar-refractivity contribution in [3.8, 4) is 12.1 Å². The quantitative estimate of drug-likeness (QED) is 0.214. The maximum atomic E-state index is 10.7. The highest BCUT2D eigenvalue weighted by atomic mass is 32.2. The zero-order valence-corrected chi connectivity index (χ0v) is 16.7. The van der Waals surface area contributed by atoms with E-state index in [1.54, 1.807) is 66.7 Å². The highest BCUT2D eigenvalue weighted by Gasteiger charge is 2.20. The molecule has 0 aliphatic rings. The molecule has 3 rings (SSSR count). The number of hydrogen-bond donors (Lipinski definition) is 4. The third-order valence-corrected chi connectivity index (χ3v) is 5.61. The number of anilines is 2. The third-order valence-electron chi connectivity index (χ3n) is 4.56. The van der Waals surface area contributed by atoms with E-state index >= 15 is 0 Å². The molecule has 3 aromatic rings. The standard InChI is InChI=1S/C23H19N5OS/c24-12-14-4-6-15(7-5-14)22(29)17-3-1-2-16(10-17)19(13-25)23(28)30-21-9-8-18(26)11-20(21)27/h1-11,19,22,28-29H,26-27H2. The number of aliphatic hydroxyl groups is 1. The van der Waals surface area contributed by atoms with Gasteiger partial charge in [-0.1, -0.05) is 48.2 Å². The van der Waals surface area contributed by atoms with Crippen LogP contribution in [0.3, 0.4) is 0 Å². The van der Waals surface area contributed by atoms with Crippen LogP contribution in [0, 0.1) is 28.1 Å². The van der Waals surface area contributed by atoms with Gasteiger partial charge >= 0.3 is 0 Å². The van der Waals surface area contributed by atoms with Crippen LogP contribution < -0.4 is 11.5 Å². The monoisotopic (exact) mass is 413 g/mol. The summed E-state index contributed by atoms with van der Waals surface area (Å²) >= 11 is 1.11. The number of nitrogens with zero attached hydrogens (tertiary/aromatic N) is 2. The average molecular weight is 414 g/mol. The topological polar surface area (TPSA) is 144 Å². The molecule has 0 radical (unpaired) electrons. The summed E-state index contributed by atoms with van der Waals surface area (Å²) in [5, 5.41) is 37.9. The molecule has 0 aliphatic carbocycles. The van der Waals surface area contributed by atoms with Crippen LogP contribution in [0.15, 0.2) is 71.6 Å². The second-order valence-electron chi connectivity index (χ2n) is 6.63. The fourth-order valence-electron chi connectivity index (χ4n) is 2.96. The summed E-state index contributed by atoms with van der Waals surface area (Å²) in [6, 6.07) is 22.9. The van der Waals surface area contributed by atoms with E-state index in [-0.39, 0.29) is 5.04 Å². The molecule has 2 atom stereocenters. The summed E-state index contributed by atoms with van der Waals surface area (Å²) in [6.45, 7) is 0. The number of aliphatic hydroxyl groups excluding tert-OH is 1. The van der Waals surface area contributed by atoms with E-state index in [0.717, 1.165) is 11.8 Å². The van der Waals surface area contributed by atoms with Crippen molar-refractivity contribution in [2.75, 3.05) is 11.5 Å². The minimum absolute atomic E-state index is 0.124. The third kappa shape index (κ3) is 4.61. The van der Waals surface area contributed by atoms with Crippen LogP contribution in [0.25, 0.3) is 0 Å². The van der Waals surface area contributed by atoms with Gasteiger partial charge in [0.1, 0.15) is 12.0 Å². The number of nitrogens with two attached hydrogens (primary N) is 2. The average Bonchev–Trinajstić information content (AvgIpc) is 2.76. The van der Waals surface area contributed by atoms with Crippen molar-refractivity contribution in [3.05, 3.63) is 89.0 Å². The minimum Gasteiger partial charge on any atom is -0.399 e. The molecule has 0 spiro atoms. The van der Waals surface area contributed by atoms with Crippen molar-refractivity contribution in [1.82, 2.24) is 0 Å². The van der Waals surface area contributed by atoms with Gasteiger partial charge in [-0.05, 0) is 47.0 Å². The molecule has 30 heavy (non-hydrogen) atoms. The van der Waals surface area contributed by atoms with Crippen molar-refractivity contribution >= 4 is 28.2 Å². The molecular weight excluding hydrogens is 394 g/mol. The molecule has 148 valence electrons. The van der Waals surface area contributed by atoms with Gasteiger partial charge in [-0.15, -0.1) is 0 Å². The summed E-state index contributed by atoms with van der Waals surface area (Å²) in [6.07, 6.45) is -0.911. The van der Waals surface area contributed by atoms with Crippen LogP contribution in [0.4, 0.5) is 11.4 Å². The van der Waals surface area contributed by atoms with Crippen LogP contribution in [-0.2, 0) is 0 Å². The molecule has 7 heteroatoms. The fourth-order valence-corrected chi connectivity index (χ4v) is 3.82. The number of nitriles is 2. The Kier molecular flexibility index (Phi) is 6.38. The summed E-state index contributed by atoms with van der Waals surface area (Å²) in [5.74, 6) is -0.805. The Balaban J connectivity index is 1.84. The Morgan fingerprint density at radius 1 is 0.933 bits per heavy atom. The van der Waals surface area contributed by atoms with E-state index in [4.69, 9.17) is 22.1 Å². The summed E-state index contributed by atoms with van der Waals surface area (Å²) in [4.78, 5) is 0.656. The molecule has 0 saturated heterocycles. The first-order valence-corrected chi connectivity index (χ1v) is 9.83. The Bertz CT molecular complexity index is 1160. The lowest BCUT2D eigenvalue weighted by atomic mass is 9.94. The van der Waals surface area contributed by atoms with E-state index in [2.05, 4.69) is 6.07 Å². The molecule has 2 unspecified atom stereocenters. The van der Waals surface area contributed by atoms with Crippen molar-refractivity contribution in [1.29, 1.82) is 15.9 Å². The number of rotatable bonds is 5. The molecule has 0 amide bonds. The fraction of sp³-hybridized carbons (Fsp3) is 0.0870. The minimum atomic E-state index is -0.911. The molecule has 6 N–H and O–H groups in total. The van der Waals surface area contributed by atoms with E-state index in [0.29, 0.717) is 38.5 Å². The number of hydrogen-bond acceptors (Lipinski definition) is 7. The summed E-state index contributed by atoms with van der Waals surface area (Å²) in [7, 11) is 0. The predicted octanol–water partition coefficient (Wildman–Crippen LogP) is 4.18. The lowest BCUT2D eigenvalue weighted by Crippen LogP contribution is -2.08. The Morgan fingerprint density at radius 3 is 2.27 bits per heavy atom.